The van der Waals surface area contributed by atoms with Gasteiger partial charge in [0.25, 0.3) is 0 Å². The first-order chi connectivity index (χ1) is 25.8. The number of carbonyl (C=O) groups is 2. The van der Waals surface area contributed by atoms with E-state index in [1.807, 2.05) is 23.1 Å². The van der Waals surface area contributed by atoms with Crippen molar-refractivity contribution in [2.45, 2.75) is 87.8 Å². The van der Waals surface area contributed by atoms with Gasteiger partial charge >= 0.3 is 30.5 Å². The van der Waals surface area contributed by atoms with Gasteiger partial charge in [-0.25, -0.2) is 24.5 Å². The molecule has 1 saturated heterocycles. The van der Waals surface area contributed by atoms with Gasteiger partial charge < -0.3 is 25.0 Å². The van der Waals surface area contributed by atoms with E-state index in [2.05, 4.69) is 41.0 Å². The standard InChI is InChI=1S/C28H30F3N9O2.2C2HF3O2/c1-26(2,41)21-11-22(38-25(37-21)28(29,30)31)42-19-5-3-18(4-6-19)39-14-27(15-39,8-9-32)40-13-17(12-36-40)23-20-7-10-33-24(20)35-16-34-23;2*3-2(4,5)1(6)7/h7,10-13,16,18-19,41H,3-6,8,14-15H2,1-2H3,(H,33,34,35);2*(H,6,7). The zero-order valence-corrected chi connectivity index (χ0v) is 29.1. The second-order valence-corrected chi connectivity index (χ2v) is 13.2. The Balaban J connectivity index is 0.000000425. The third kappa shape index (κ3) is 10.6. The topological polar surface area (TPSA) is 216 Å². The SMILES string of the molecule is CC(C)(O)c1cc(OC2CCC(N3CC(CC#N)(n4cc(-c5ncnc6[nH]ccc56)cn4)C3)CC2)nc(C(F)(F)F)n1.O=C(O)C(F)(F)F.O=C(O)C(F)(F)F. The highest BCUT2D eigenvalue weighted by Crippen LogP contribution is 2.39. The van der Waals surface area contributed by atoms with Gasteiger partial charge in [-0.15, -0.1) is 0 Å². The van der Waals surface area contributed by atoms with E-state index in [4.69, 9.17) is 24.5 Å². The molecule has 1 saturated carbocycles. The summed E-state index contributed by atoms with van der Waals surface area (Å²) < 4.78 is 111. The number of aromatic amines is 1. The lowest BCUT2D eigenvalue weighted by atomic mass is 9.82. The van der Waals surface area contributed by atoms with Gasteiger partial charge in [-0.1, -0.05) is 0 Å². The summed E-state index contributed by atoms with van der Waals surface area (Å²) in [6, 6.07) is 5.78. The normalized spacial score (nSPS) is 18.7. The minimum absolute atomic E-state index is 0.151. The summed E-state index contributed by atoms with van der Waals surface area (Å²) >= 11 is 0. The first-order valence-corrected chi connectivity index (χ1v) is 16.2. The van der Waals surface area contributed by atoms with Crippen molar-refractivity contribution in [2.75, 3.05) is 13.1 Å². The largest absolute Gasteiger partial charge is 0.490 e. The molecular formula is C32H32F9N9O6. The second kappa shape index (κ2) is 16.3. The van der Waals surface area contributed by atoms with Gasteiger partial charge in [-0.05, 0) is 45.6 Å². The fraction of sp³-hybridized carbons (Fsp3) is 0.500. The smallest absolute Gasteiger partial charge is 0.475 e. The number of nitrogens with one attached hydrogen (secondary N) is 1. The number of rotatable bonds is 7. The maximum absolute atomic E-state index is 13.4. The van der Waals surface area contributed by atoms with Gasteiger partial charge in [0, 0.05) is 48.5 Å². The molecule has 15 nitrogen and oxygen atoms in total. The predicted molar refractivity (Wildman–Crippen MR) is 171 cm³/mol. The molecule has 304 valence electrons. The molecule has 4 aromatic heterocycles. The van der Waals surface area contributed by atoms with Crippen LogP contribution in [0.25, 0.3) is 22.3 Å². The Kier molecular flexibility index (Phi) is 12.5. The van der Waals surface area contributed by atoms with E-state index in [9.17, 15) is 49.9 Å². The zero-order valence-electron chi connectivity index (χ0n) is 29.1. The number of aromatic nitrogens is 7. The average Bonchev–Trinajstić information content (AvgIpc) is 3.76. The van der Waals surface area contributed by atoms with Crippen molar-refractivity contribution in [3.8, 4) is 23.2 Å². The molecule has 4 N–H and O–H groups in total. The molecule has 0 atom stereocenters. The Hall–Kier alpha value is -5.57. The summed E-state index contributed by atoms with van der Waals surface area (Å²) in [4.78, 5) is 39.0. The van der Waals surface area contributed by atoms with Crippen molar-refractivity contribution >= 4 is 23.0 Å². The van der Waals surface area contributed by atoms with E-state index in [0.717, 1.165) is 35.1 Å². The number of likely N-dealkylation sites (tertiary alicyclic amines) is 1. The first-order valence-electron chi connectivity index (χ1n) is 16.2. The van der Waals surface area contributed by atoms with Crippen LogP contribution in [0.5, 0.6) is 5.88 Å². The maximum atomic E-state index is 13.4. The Morgan fingerprint density at radius 2 is 1.57 bits per heavy atom. The van der Waals surface area contributed by atoms with Crippen LogP contribution in [-0.4, -0.2) is 104 Å². The number of fused-ring (bicyclic) bond motifs is 1. The third-order valence-corrected chi connectivity index (χ3v) is 8.61. The molecule has 56 heavy (non-hydrogen) atoms. The molecule has 0 aromatic carbocycles. The second-order valence-electron chi connectivity index (χ2n) is 13.2. The fourth-order valence-corrected chi connectivity index (χ4v) is 5.88. The van der Waals surface area contributed by atoms with Crippen LogP contribution in [0.1, 0.15) is 57.5 Å². The lowest BCUT2D eigenvalue weighted by Gasteiger charge is -2.53. The molecule has 1 aliphatic heterocycles. The minimum Gasteiger partial charge on any atom is -0.475 e. The summed E-state index contributed by atoms with van der Waals surface area (Å²) in [7, 11) is 0. The number of halogens is 9. The van der Waals surface area contributed by atoms with Crippen molar-refractivity contribution in [1.82, 2.24) is 39.6 Å². The third-order valence-electron chi connectivity index (χ3n) is 8.61. The quantitative estimate of drug-likeness (QED) is 0.171. The van der Waals surface area contributed by atoms with Gasteiger partial charge in [-0.2, -0.15) is 54.9 Å². The summed E-state index contributed by atoms with van der Waals surface area (Å²) in [5.41, 5.74) is 0.183. The first kappa shape index (κ1) is 43.2. The molecule has 2 fully saturated rings. The number of hydrogen-bond acceptors (Lipinski definition) is 11. The molecule has 5 heterocycles. The molecular weight excluding hydrogens is 777 g/mol. The molecule has 0 unspecified atom stereocenters. The van der Waals surface area contributed by atoms with E-state index in [0.29, 0.717) is 32.4 Å². The molecule has 1 aliphatic carbocycles. The van der Waals surface area contributed by atoms with Crippen molar-refractivity contribution in [1.29, 1.82) is 5.26 Å². The van der Waals surface area contributed by atoms with Gasteiger partial charge in [-0.3, -0.25) is 9.58 Å². The van der Waals surface area contributed by atoms with Gasteiger partial charge in [0.05, 0.1) is 30.1 Å². The van der Waals surface area contributed by atoms with Crippen LogP contribution in [0, 0.1) is 11.3 Å². The highest BCUT2D eigenvalue weighted by Gasteiger charge is 2.48. The fourth-order valence-electron chi connectivity index (χ4n) is 5.88. The number of carboxylic acids is 2. The van der Waals surface area contributed by atoms with Crippen molar-refractivity contribution in [3.05, 3.63) is 48.6 Å². The van der Waals surface area contributed by atoms with Crippen molar-refractivity contribution in [3.63, 3.8) is 0 Å². The molecule has 0 spiro atoms. The molecule has 4 aromatic rings. The molecule has 2 aliphatic rings. The molecule has 0 radical (unpaired) electrons. The van der Waals surface area contributed by atoms with E-state index in [1.54, 1.807) is 6.20 Å². The van der Waals surface area contributed by atoms with Gasteiger partial charge in [0.2, 0.25) is 11.7 Å². The van der Waals surface area contributed by atoms with Gasteiger partial charge in [0.15, 0.2) is 0 Å². The van der Waals surface area contributed by atoms with Crippen LogP contribution in [0.2, 0.25) is 0 Å². The average molecular weight is 810 g/mol. The summed E-state index contributed by atoms with van der Waals surface area (Å²) in [5, 5.41) is 39.6. The molecule has 6 rings (SSSR count). The van der Waals surface area contributed by atoms with Crippen LogP contribution < -0.4 is 4.74 Å². The number of ether oxygens (including phenoxy) is 1. The number of hydrogen-bond donors (Lipinski definition) is 4. The van der Waals surface area contributed by atoms with E-state index in [-0.39, 0.29) is 23.7 Å². The molecule has 24 heteroatoms. The van der Waals surface area contributed by atoms with E-state index < -0.39 is 47.4 Å². The summed E-state index contributed by atoms with van der Waals surface area (Å²) in [6.07, 6.45) is -5.03. The van der Waals surface area contributed by atoms with E-state index >= 15 is 0 Å². The van der Waals surface area contributed by atoms with Crippen LogP contribution in [-0.2, 0) is 26.9 Å². The highest BCUT2D eigenvalue weighted by molar-refractivity contribution is 5.90. The zero-order chi connectivity index (χ0) is 41.9. The Bertz CT molecular complexity index is 1980. The lowest BCUT2D eigenvalue weighted by Crippen LogP contribution is -2.65. The highest BCUT2D eigenvalue weighted by atomic mass is 19.4. The van der Waals surface area contributed by atoms with Crippen LogP contribution in [0.15, 0.2) is 37.1 Å². The van der Waals surface area contributed by atoms with Crippen LogP contribution in [0.4, 0.5) is 39.5 Å². The number of nitriles is 1. The summed E-state index contributed by atoms with van der Waals surface area (Å²) in [5.74, 6) is -7.04. The van der Waals surface area contributed by atoms with Crippen LogP contribution in [0.3, 0.4) is 0 Å². The number of H-pyrrole nitrogens is 1. The molecule has 0 bridgehead atoms. The number of carboxylic acid groups (broad SMARTS) is 2. The maximum Gasteiger partial charge on any atom is 0.490 e. The van der Waals surface area contributed by atoms with Crippen molar-refractivity contribution in [2.24, 2.45) is 0 Å². The number of nitrogens with zero attached hydrogens (tertiary/aromatic N) is 8. The number of aliphatic carboxylic acids is 2. The van der Waals surface area contributed by atoms with Gasteiger partial charge in [0.1, 0.15) is 29.2 Å². The van der Waals surface area contributed by atoms with Crippen LogP contribution >= 0.6 is 0 Å². The summed E-state index contributed by atoms with van der Waals surface area (Å²) in [6.45, 7) is 4.06. The monoisotopic (exact) mass is 809 g/mol. The Morgan fingerprint density at radius 1 is 0.982 bits per heavy atom. The minimum atomic E-state index is -5.08. The number of alkyl halides is 9. The molecule has 0 amide bonds. The lowest BCUT2D eigenvalue weighted by molar-refractivity contribution is -0.193. The Morgan fingerprint density at radius 3 is 2.09 bits per heavy atom. The predicted octanol–water partition coefficient (Wildman–Crippen LogP) is 5.44. The van der Waals surface area contributed by atoms with E-state index in [1.165, 1.54) is 26.2 Å². The van der Waals surface area contributed by atoms with Crippen molar-refractivity contribution < 1.29 is 69.2 Å². The Labute approximate surface area is 309 Å². The number of aliphatic hydroxyl groups is 1.